The van der Waals surface area contributed by atoms with Gasteiger partial charge in [0.25, 0.3) is 5.91 Å². The van der Waals surface area contributed by atoms with Crippen molar-refractivity contribution in [2.24, 2.45) is 5.10 Å². The molecule has 25 heavy (non-hydrogen) atoms. The summed E-state index contributed by atoms with van der Waals surface area (Å²) in [6, 6.07) is 7.65. The maximum atomic E-state index is 13.5. The van der Waals surface area contributed by atoms with Crippen LogP contribution in [0.5, 0.6) is 5.75 Å². The van der Waals surface area contributed by atoms with Crippen molar-refractivity contribution in [1.82, 2.24) is 5.43 Å². The molecule has 0 unspecified atom stereocenters. The Morgan fingerprint density at radius 2 is 1.92 bits per heavy atom. The van der Waals surface area contributed by atoms with Crippen LogP contribution < -0.4 is 10.3 Å². The Kier molecular flexibility index (Phi) is 6.05. The first kappa shape index (κ1) is 18.4. The average Bonchev–Trinajstić information content (AvgIpc) is 2.59. The molecule has 0 radical (unpaired) electrons. The van der Waals surface area contributed by atoms with Crippen molar-refractivity contribution in [2.75, 3.05) is 18.0 Å². The van der Waals surface area contributed by atoms with Gasteiger partial charge in [-0.05, 0) is 44.2 Å². The zero-order valence-electron chi connectivity index (χ0n) is 14.0. The van der Waals surface area contributed by atoms with Crippen molar-refractivity contribution in [2.45, 2.75) is 13.8 Å². The van der Waals surface area contributed by atoms with Gasteiger partial charge in [-0.15, -0.1) is 0 Å². The lowest BCUT2D eigenvalue weighted by atomic mass is 10.2. The molecule has 0 aliphatic carbocycles. The highest BCUT2D eigenvalue weighted by molar-refractivity contribution is 5.95. The van der Waals surface area contributed by atoms with Gasteiger partial charge in [0.2, 0.25) is 0 Å². The maximum Gasteiger partial charge on any atom is 0.274 e. The van der Waals surface area contributed by atoms with Gasteiger partial charge in [-0.3, -0.25) is 4.79 Å². The summed E-state index contributed by atoms with van der Waals surface area (Å²) in [5, 5.41) is 13.7. The molecule has 2 aromatic rings. The molecule has 0 spiro atoms. The Hall–Kier alpha value is -2.96. The highest BCUT2D eigenvalue weighted by atomic mass is 19.1. The predicted molar refractivity (Wildman–Crippen MR) is 93.1 cm³/mol. The van der Waals surface area contributed by atoms with Gasteiger partial charge in [-0.25, -0.2) is 14.2 Å². The molecule has 1 amide bonds. The number of phenols is 1. The van der Waals surface area contributed by atoms with Gasteiger partial charge in [0, 0.05) is 30.4 Å². The Morgan fingerprint density at radius 1 is 1.20 bits per heavy atom. The van der Waals surface area contributed by atoms with Gasteiger partial charge in [-0.2, -0.15) is 5.10 Å². The highest BCUT2D eigenvalue weighted by Crippen LogP contribution is 2.23. The molecule has 2 N–H and O–H groups in total. The molecule has 0 saturated heterocycles. The standard InChI is InChI=1S/C18H19F2N3O2/c1-3-23(4-2)14-7-5-12(17(24)10-14)11-21-22-18(25)15-9-13(19)6-8-16(15)20/h5-11,24H,3-4H2,1-2H3,(H,22,25)/b21-11-. The number of hydrogen-bond donors (Lipinski definition) is 2. The minimum atomic E-state index is -0.882. The number of anilines is 1. The fourth-order valence-electron chi connectivity index (χ4n) is 2.32. The first-order chi connectivity index (χ1) is 12.0. The topological polar surface area (TPSA) is 64.9 Å². The van der Waals surface area contributed by atoms with Gasteiger partial charge in [0.15, 0.2) is 0 Å². The normalized spacial score (nSPS) is 10.9. The van der Waals surface area contributed by atoms with E-state index in [4.69, 9.17) is 0 Å². The van der Waals surface area contributed by atoms with Crippen LogP contribution >= 0.6 is 0 Å². The summed E-state index contributed by atoms with van der Waals surface area (Å²) in [6.07, 6.45) is 1.23. The number of aromatic hydroxyl groups is 1. The minimum absolute atomic E-state index is 0.000616. The number of nitrogens with one attached hydrogen (secondary N) is 1. The first-order valence-corrected chi connectivity index (χ1v) is 7.82. The summed E-state index contributed by atoms with van der Waals surface area (Å²) in [7, 11) is 0. The van der Waals surface area contributed by atoms with Gasteiger partial charge < -0.3 is 10.0 Å². The summed E-state index contributed by atoms with van der Waals surface area (Å²) in [5.41, 5.74) is 2.91. The number of benzene rings is 2. The lowest BCUT2D eigenvalue weighted by molar-refractivity contribution is 0.0950. The lowest BCUT2D eigenvalue weighted by Crippen LogP contribution is -2.21. The maximum absolute atomic E-state index is 13.5. The summed E-state index contributed by atoms with van der Waals surface area (Å²) < 4.78 is 26.6. The average molecular weight is 347 g/mol. The fraction of sp³-hybridized carbons (Fsp3) is 0.222. The fourth-order valence-corrected chi connectivity index (χ4v) is 2.32. The van der Waals surface area contributed by atoms with Gasteiger partial charge >= 0.3 is 0 Å². The van der Waals surface area contributed by atoms with Gasteiger partial charge in [0.1, 0.15) is 17.4 Å². The number of hydrogen-bond acceptors (Lipinski definition) is 4. The number of carbonyl (C=O) groups is 1. The number of phenolic OH excluding ortho intramolecular Hbond substituents is 1. The van der Waals surface area contributed by atoms with Crippen LogP contribution in [0.4, 0.5) is 14.5 Å². The molecule has 0 fully saturated rings. The zero-order valence-corrected chi connectivity index (χ0v) is 14.0. The van der Waals surface area contributed by atoms with Crippen molar-refractivity contribution >= 4 is 17.8 Å². The molecule has 5 nitrogen and oxygen atoms in total. The Labute approximate surface area is 144 Å². The molecule has 0 aromatic heterocycles. The van der Waals surface area contributed by atoms with E-state index in [1.165, 1.54) is 6.21 Å². The quantitative estimate of drug-likeness (QED) is 0.623. The molecule has 2 aromatic carbocycles. The molecule has 132 valence electrons. The van der Waals surface area contributed by atoms with Crippen LogP contribution in [-0.2, 0) is 0 Å². The second kappa shape index (κ2) is 8.23. The Morgan fingerprint density at radius 3 is 2.56 bits per heavy atom. The van der Waals surface area contributed by atoms with E-state index in [1.54, 1.807) is 12.1 Å². The molecule has 0 atom stereocenters. The van der Waals surface area contributed by atoms with Crippen molar-refractivity contribution in [3.63, 3.8) is 0 Å². The second-order valence-electron chi connectivity index (χ2n) is 5.24. The Bertz CT molecular complexity index is 790. The van der Waals surface area contributed by atoms with E-state index in [0.29, 0.717) is 5.56 Å². The van der Waals surface area contributed by atoms with Crippen molar-refractivity contribution < 1.29 is 18.7 Å². The molecule has 0 aliphatic rings. The van der Waals surface area contributed by atoms with Crippen molar-refractivity contribution in [3.8, 4) is 5.75 Å². The van der Waals surface area contributed by atoms with Crippen LogP contribution in [0, 0.1) is 11.6 Å². The molecule has 7 heteroatoms. The first-order valence-electron chi connectivity index (χ1n) is 7.82. The van der Waals surface area contributed by atoms with Crippen molar-refractivity contribution in [3.05, 3.63) is 59.2 Å². The minimum Gasteiger partial charge on any atom is -0.507 e. The highest BCUT2D eigenvalue weighted by Gasteiger charge is 2.12. The van der Waals surface area contributed by atoms with E-state index in [-0.39, 0.29) is 5.75 Å². The summed E-state index contributed by atoms with van der Waals surface area (Å²) in [5.74, 6) is -2.45. The third-order valence-corrected chi connectivity index (χ3v) is 3.69. The van der Waals surface area contributed by atoms with E-state index in [2.05, 4.69) is 15.4 Å². The number of amides is 1. The molecule has 2 rings (SSSR count). The van der Waals surface area contributed by atoms with Crippen LogP contribution in [0.2, 0.25) is 0 Å². The van der Waals surface area contributed by atoms with E-state index in [0.717, 1.165) is 37.0 Å². The van der Waals surface area contributed by atoms with E-state index < -0.39 is 23.1 Å². The van der Waals surface area contributed by atoms with Crippen LogP contribution in [-0.4, -0.2) is 30.3 Å². The summed E-state index contributed by atoms with van der Waals surface area (Å²) >= 11 is 0. The monoisotopic (exact) mass is 347 g/mol. The number of nitrogens with zero attached hydrogens (tertiary/aromatic N) is 2. The number of carbonyl (C=O) groups excluding carboxylic acids is 1. The molecule has 0 saturated carbocycles. The van der Waals surface area contributed by atoms with E-state index in [9.17, 15) is 18.7 Å². The third kappa shape index (κ3) is 4.53. The van der Waals surface area contributed by atoms with Crippen molar-refractivity contribution in [1.29, 1.82) is 0 Å². The molecule has 0 aliphatic heterocycles. The smallest absolute Gasteiger partial charge is 0.274 e. The molecule has 0 bridgehead atoms. The van der Waals surface area contributed by atoms with Gasteiger partial charge in [0.05, 0.1) is 11.8 Å². The van der Waals surface area contributed by atoms with Crippen LogP contribution in [0.3, 0.4) is 0 Å². The summed E-state index contributed by atoms with van der Waals surface area (Å²) in [4.78, 5) is 13.9. The third-order valence-electron chi connectivity index (χ3n) is 3.69. The number of rotatable bonds is 6. The predicted octanol–water partition coefficient (Wildman–Crippen LogP) is 3.28. The van der Waals surface area contributed by atoms with E-state index in [1.807, 2.05) is 19.9 Å². The molecule has 0 heterocycles. The molecular weight excluding hydrogens is 328 g/mol. The van der Waals surface area contributed by atoms with Crippen LogP contribution in [0.1, 0.15) is 29.8 Å². The van der Waals surface area contributed by atoms with Crippen LogP contribution in [0.25, 0.3) is 0 Å². The molecular formula is C18H19F2N3O2. The number of hydrazone groups is 1. The van der Waals surface area contributed by atoms with E-state index >= 15 is 0 Å². The number of halogens is 2. The second-order valence-corrected chi connectivity index (χ2v) is 5.24. The Balaban J connectivity index is 2.09. The zero-order chi connectivity index (χ0) is 18.4. The summed E-state index contributed by atoms with van der Waals surface area (Å²) in [6.45, 7) is 5.63. The largest absolute Gasteiger partial charge is 0.507 e. The SMILES string of the molecule is CCN(CC)c1ccc(/C=N\NC(=O)c2cc(F)ccc2F)c(O)c1. The van der Waals surface area contributed by atoms with Crippen LogP contribution in [0.15, 0.2) is 41.5 Å². The lowest BCUT2D eigenvalue weighted by Gasteiger charge is -2.21. The van der Waals surface area contributed by atoms with Gasteiger partial charge in [-0.1, -0.05) is 0 Å².